The van der Waals surface area contributed by atoms with Crippen LogP contribution in [0.4, 0.5) is 24.5 Å². The third kappa shape index (κ3) is 6.00. The number of alkyl halides is 3. The van der Waals surface area contributed by atoms with Crippen molar-refractivity contribution in [2.75, 3.05) is 17.4 Å². The smallest absolute Gasteiger partial charge is 0.508 e. The van der Waals surface area contributed by atoms with Gasteiger partial charge in [-0.25, -0.2) is 0 Å². The first-order chi connectivity index (χ1) is 26.6. The number of anilines is 2. The van der Waals surface area contributed by atoms with Crippen molar-refractivity contribution in [1.29, 1.82) is 0 Å². The Morgan fingerprint density at radius 1 is 0.875 bits per heavy atom. The zero-order valence-corrected chi connectivity index (χ0v) is 32.1. The summed E-state index contributed by atoms with van der Waals surface area (Å²) in [5.74, 6) is -8.61. The van der Waals surface area contributed by atoms with E-state index < -0.39 is 76.5 Å². The number of nitrogens with one attached hydrogen (secondary N) is 1. The molecule has 0 bridgehead atoms. The molecule has 4 aliphatic rings. The van der Waals surface area contributed by atoms with Gasteiger partial charge in [0.2, 0.25) is 11.8 Å². The Morgan fingerprint density at radius 2 is 1.57 bits per heavy atom. The van der Waals surface area contributed by atoms with Crippen LogP contribution in [0.3, 0.4) is 0 Å². The van der Waals surface area contributed by atoms with E-state index >= 15 is 4.79 Å². The zero-order chi connectivity index (χ0) is 39.8. The number of benzene rings is 4. The Kier molecular flexibility index (Phi) is 9.36. The number of halogens is 6. The highest BCUT2D eigenvalue weighted by atomic mass is 79.9. The molecule has 2 aliphatic carbocycles. The molecule has 4 aromatic carbocycles. The van der Waals surface area contributed by atoms with Gasteiger partial charge in [0, 0.05) is 21.0 Å². The van der Waals surface area contributed by atoms with Gasteiger partial charge in [-0.15, -0.1) is 13.2 Å². The number of carbonyl (C=O) groups excluding carboxylic acids is 4. The Morgan fingerprint density at radius 3 is 2.23 bits per heavy atom. The molecule has 2 N–H and O–H groups in total. The van der Waals surface area contributed by atoms with Gasteiger partial charge in [0.1, 0.15) is 17.2 Å². The number of rotatable bonds is 7. The molecule has 2 aliphatic heterocycles. The topological polar surface area (TPSA) is 125 Å². The SMILES string of the molecule is COc1ccc([C@@]23C(=O)N(Nc4ccc(Cl)cc4Cl)C(=O)[C@@H]2C[C@@H]2C(=CC[C@@H]4C(=O)N(c5ccc(Br)cc5)C(=O)[C@@H]42)[C@@H]3c2cc(OC(F)(F)F)ccc2O)cc1. The highest BCUT2D eigenvalue weighted by Crippen LogP contribution is 2.65. The average molecular weight is 871 g/mol. The molecule has 0 spiro atoms. The molecule has 4 aromatic rings. The number of hydrogen-bond donors (Lipinski definition) is 2. The van der Waals surface area contributed by atoms with E-state index in [-0.39, 0.29) is 39.7 Å². The van der Waals surface area contributed by atoms with E-state index in [1.54, 1.807) is 54.6 Å². The van der Waals surface area contributed by atoms with Crippen LogP contribution in [-0.4, -0.2) is 47.2 Å². The highest BCUT2D eigenvalue weighted by molar-refractivity contribution is 9.10. The van der Waals surface area contributed by atoms with E-state index in [0.717, 1.165) is 32.6 Å². The predicted octanol–water partition coefficient (Wildman–Crippen LogP) is 8.56. The number of nitrogens with zero attached hydrogens (tertiary/aromatic N) is 2. The fourth-order valence-electron chi connectivity index (χ4n) is 8.99. The number of phenols is 1. The van der Waals surface area contributed by atoms with Crippen LogP contribution < -0.4 is 19.8 Å². The maximum atomic E-state index is 15.4. The quantitative estimate of drug-likeness (QED) is 0.140. The van der Waals surface area contributed by atoms with E-state index in [9.17, 15) is 32.7 Å². The van der Waals surface area contributed by atoms with Gasteiger partial charge in [-0.2, -0.15) is 5.01 Å². The van der Waals surface area contributed by atoms with Crippen LogP contribution in [0.25, 0.3) is 0 Å². The first kappa shape index (κ1) is 37.9. The lowest BCUT2D eigenvalue weighted by Crippen LogP contribution is -2.53. The molecule has 288 valence electrons. The standard InChI is InChI=1S/C40H29BrCl2F3N3O7/c1-55-23-9-2-19(3-10-23)39-29(36(52)49(38(39)54)47-31-14-6-21(42)16-30(31)43)18-27-25(34(39)28-17-24(11-15-32(28)50)56-40(44,45)46)12-13-26-33(27)37(53)48(35(26)51)22-7-4-20(41)5-8-22/h2-12,14-17,26-27,29,33-34,47,50H,13,18H2,1H3/t26-,27+,29-,33-,34+,39+/m0/s1. The van der Waals surface area contributed by atoms with Crippen LogP contribution in [0, 0.1) is 23.7 Å². The molecular weight excluding hydrogens is 842 g/mol. The summed E-state index contributed by atoms with van der Waals surface area (Å²) in [5.41, 5.74) is 1.94. The van der Waals surface area contributed by atoms with Crippen LogP contribution in [0.2, 0.25) is 10.0 Å². The summed E-state index contributed by atoms with van der Waals surface area (Å²) < 4.78 is 51.3. The molecule has 6 atom stereocenters. The summed E-state index contributed by atoms with van der Waals surface area (Å²) in [7, 11) is 1.45. The lowest BCUT2D eigenvalue weighted by Gasteiger charge is -2.50. The normalized spacial score (nSPS) is 25.8. The van der Waals surface area contributed by atoms with Crippen LogP contribution in [0.15, 0.2) is 101 Å². The summed E-state index contributed by atoms with van der Waals surface area (Å²) in [6.07, 6.45) is -3.46. The fraction of sp³-hybridized carbons (Fsp3) is 0.250. The Balaban J connectivity index is 1.35. The first-order valence-electron chi connectivity index (χ1n) is 17.3. The minimum Gasteiger partial charge on any atom is -0.508 e. The number of imide groups is 2. The molecular formula is C40H29BrCl2F3N3O7. The van der Waals surface area contributed by atoms with Crippen molar-refractivity contribution in [3.05, 3.63) is 122 Å². The Labute approximate surface area is 335 Å². The molecule has 56 heavy (non-hydrogen) atoms. The van der Waals surface area contributed by atoms with Crippen LogP contribution >= 0.6 is 39.1 Å². The minimum absolute atomic E-state index is 0.0396. The summed E-state index contributed by atoms with van der Waals surface area (Å²) in [4.78, 5) is 59.9. The van der Waals surface area contributed by atoms with Crippen molar-refractivity contribution in [3.63, 3.8) is 0 Å². The second kappa shape index (κ2) is 13.9. The van der Waals surface area contributed by atoms with E-state index in [0.29, 0.717) is 17.0 Å². The second-order valence-electron chi connectivity index (χ2n) is 14.0. The van der Waals surface area contributed by atoms with Crippen molar-refractivity contribution in [2.45, 2.75) is 30.5 Å². The third-order valence-electron chi connectivity index (χ3n) is 11.2. The Hall–Kier alpha value is -5.05. The summed E-state index contributed by atoms with van der Waals surface area (Å²) in [6, 6.07) is 20.3. The number of fused-ring (bicyclic) bond motifs is 4. The van der Waals surface area contributed by atoms with Gasteiger partial charge in [0.15, 0.2) is 0 Å². The van der Waals surface area contributed by atoms with Crippen molar-refractivity contribution < 1.29 is 46.9 Å². The van der Waals surface area contributed by atoms with Crippen molar-refractivity contribution in [1.82, 2.24) is 5.01 Å². The molecule has 0 aromatic heterocycles. The lowest BCUT2D eigenvalue weighted by atomic mass is 9.49. The van der Waals surface area contributed by atoms with E-state index in [1.807, 2.05) is 0 Å². The predicted molar refractivity (Wildman–Crippen MR) is 202 cm³/mol. The summed E-state index contributed by atoms with van der Waals surface area (Å²) in [6.45, 7) is 0. The largest absolute Gasteiger partial charge is 0.573 e. The molecule has 8 rings (SSSR count). The molecule has 1 saturated carbocycles. The van der Waals surface area contributed by atoms with Crippen LogP contribution in [0.5, 0.6) is 17.2 Å². The highest BCUT2D eigenvalue weighted by Gasteiger charge is 2.70. The average Bonchev–Trinajstić information content (AvgIpc) is 3.54. The molecule has 10 nitrogen and oxygen atoms in total. The van der Waals surface area contributed by atoms with Crippen molar-refractivity contribution in [2.24, 2.45) is 23.7 Å². The molecule has 0 unspecified atom stereocenters. The van der Waals surface area contributed by atoms with Crippen LogP contribution in [0.1, 0.15) is 29.9 Å². The van der Waals surface area contributed by atoms with E-state index in [4.69, 9.17) is 27.9 Å². The summed E-state index contributed by atoms with van der Waals surface area (Å²) >= 11 is 16.0. The number of carbonyl (C=O) groups is 4. The van der Waals surface area contributed by atoms with Gasteiger partial charge in [0.05, 0.1) is 46.7 Å². The number of phenolic OH excluding ortho intramolecular Hbond substituents is 1. The fourth-order valence-corrected chi connectivity index (χ4v) is 9.71. The molecule has 16 heteroatoms. The molecule has 0 radical (unpaired) electrons. The number of hydrazine groups is 1. The van der Waals surface area contributed by atoms with Gasteiger partial charge < -0.3 is 14.6 Å². The molecule has 3 fully saturated rings. The van der Waals surface area contributed by atoms with Gasteiger partial charge >= 0.3 is 6.36 Å². The lowest BCUT2D eigenvalue weighted by molar-refractivity contribution is -0.274. The van der Waals surface area contributed by atoms with Gasteiger partial charge in [0.25, 0.3) is 11.8 Å². The number of ether oxygens (including phenoxy) is 2. The van der Waals surface area contributed by atoms with Crippen molar-refractivity contribution in [3.8, 4) is 17.2 Å². The minimum atomic E-state index is -5.11. The van der Waals surface area contributed by atoms with E-state index in [2.05, 4.69) is 26.1 Å². The third-order valence-corrected chi connectivity index (χ3v) is 12.3. The van der Waals surface area contributed by atoms with Crippen LogP contribution in [-0.2, 0) is 24.6 Å². The van der Waals surface area contributed by atoms with Gasteiger partial charge in [-0.1, -0.05) is 62.9 Å². The number of amides is 4. The maximum absolute atomic E-state index is 15.4. The maximum Gasteiger partial charge on any atom is 0.573 e. The number of aromatic hydroxyl groups is 1. The number of allylic oxidation sites excluding steroid dienone is 2. The zero-order valence-electron chi connectivity index (χ0n) is 29.0. The molecule has 2 saturated heterocycles. The number of hydrogen-bond acceptors (Lipinski definition) is 8. The Bertz CT molecular complexity index is 2340. The van der Waals surface area contributed by atoms with E-state index in [1.165, 1.54) is 25.3 Å². The van der Waals surface area contributed by atoms with Gasteiger partial charge in [-0.05, 0) is 97.1 Å². The monoisotopic (exact) mass is 869 g/mol. The van der Waals surface area contributed by atoms with Crippen molar-refractivity contribution >= 4 is 74.1 Å². The van der Waals surface area contributed by atoms with Gasteiger partial charge in [-0.3, -0.25) is 29.5 Å². The molecule has 2 heterocycles. The summed E-state index contributed by atoms with van der Waals surface area (Å²) in [5, 5.41) is 12.8. The first-order valence-corrected chi connectivity index (χ1v) is 18.9. The molecule has 4 amide bonds. The second-order valence-corrected chi connectivity index (χ2v) is 15.7. The number of methoxy groups -OCH3 is 1.